The fourth-order valence-electron chi connectivity index (χ4n) is 2.08. The topological polar surface area (TPSA) is 106 Å². The van der Waals surface area contributed by atoms with Crippen LogP contribution in [0.15, 0.2) is 12.3 Å². The summed E-state index contributed by atoms with van der Waals surface area (Å²) in [4.78, 5) is 28.3. The maximum atomic E-state index is 11.5. The summed E-state index contributed by atoms with van der Waals surface area (Å²) < 4.78 is 5.14. The number of carboxylic acids is 1. The molecule has 2 rings (SSSR count). The van der Waals surface area contributed by atoms with Crippen molar-refractivity contribution in [3.05, 3.63) is 23.4 Å². The van der Waals surface area contributed by atoms with Crippen molar-refractivity contribution in [3.63, 3.8) is 0 Å². The number of amides is 1. The van der Waals surface area contributed by atoms with Crippen LogP contribution in [0.3, 0.4) is 0 Å². The molecule has 1 aliphatic rings. The van der Waals surface area contributed by atoms with Gasteiger partial charge in [-0.3, -0.25) is 4.79 Å². The van der Waals surface area contributed by atoms with Crippen molar-refractivity contribution < 1.29 is 19.4 Å². The van der Waals surface area contributed by atoms with E-state index < -0.39 is 18.0 Å². The summed E-state index contributed by atoms with van der Waals surface area (Å²) in [5.74, 6) is -1.18. The summed E-state index contributed by atoms with van der Waals surface area (Å²) in [6.07, 6.45) is 0.652. The van der Waals surface area contributed by atoms with Crippen LogP contribution in [-0.4, -0.2) is 47.8 Å². The van der Waals surface area contributed by atoms with Crippen molar-refractivity contribution in [2.45, 2.75) is 13.0 Å². The van der Waals surface area contributed by atoms with Gasteiger partial charge in [0.1, 0.15) is 5.82 Å². The maximum absolute atomic E-state index is 11.5. The number of aromatic nitrogens is 1. The number of carbonyl (C=O) groups is 2. The highest BCUT2D eigenvalue weighted by atomic mass is 16.5. The number of anilines is 1. The number of rotatable bonds is 3. The second kappa shape index (κ2) is 5.23. The first-order valence-electron chi connectivity index (χ1n) is 5.85. The van der Waals surface area contributed by atoms with Gasteiger partial charge in [0.2, 0.25) is 0 Å². The number of aliphatic carboxylic acids is 1. The largest absolute Gasteiger partial charge is 0.479 e. The van der Waals surface area contributed by atoms with Gasteiger partial charge in [-0.15, -0.1) is 0 Å². The van der Waals surface area contributed by atoms with E-state index in [-0.39, 0.29) is 13.2 Å². The molecule has 1 fully saturated rings. The Labute approximate surface area is 110 Å². The molecule has 2 heterocycles. The molecule has 0 aliphatic carbocycles. The number of nitrogens with zero attached hydrogens (tertiary/aromatic N) is 2. The third-order valence-corrected chi connectivity index (χ3v) is 3.03. The molecule has 1 atom stereocenters. The first-order chi connectivity index (χ1) is 9.00. The zero-order valence-corrected chi connectivity index (χ0v) is 10.5. The summed E-state index contributed by atoms with van der Waals surface area (Å²) in [6.45, 7) is 2.65. The molecule has 1 saturated heterocycles. The van der Waals surface area contributed by atoms with E-state index in [2.05, 4.69) is 4.98 Å². The summed E-state index contributed by atoms with van der Waals surface area (Å²) in [5.41, 5.74) is 6.41. The molecule has 102 valence electrons. The third kappa shape index (κ3) is 2.65. The fraction of sp³-hybridized carbons (Fsp3) is 0.417. The number of pyridine rings is 1. The van der Waals surface area contributed by atoms with Crippen LogP contribution in [-0.2, 0) is 9.53 Å². The zero-order chi connectivity index (χ0) is 14.0. The van der Waals surface area contributed by atoms with Crippen molar-refractivity contribution in [3.8, 4) is 0 Å². The Morgan fingerprint density at radius 1 is 1.58 bits per heavy atom. The fourth-order valence-corrected chi connectivity index (χ4v) is 2.08. The molecule has 0 spiro atoms. The van der Waals surface area contributed by atoms with Crippen LogP contribution in [0.2, 0.25) is 0 Å². The smallest absolute Gasteiger partial charge is 0.334 e. The molecule has 0 aromatic carbocycles. The van der Waals surface area contributed by atoms with Crippen molar-refractivity contribution in [1.82, 2.24) is 4.98 Å². The van der Waals surface area contributed by atoms with Crippen LogP contribution >= 0.6 is 0 Å². The average Bonchev–Trinajstić information content (AvgIpc) is 2.38. The van der Waals surface area contributed by atoms with Crippen LogP contribution < -0.4 is 10.6 Å². The Morgan fingerprint density at radius 2 is 2.32 bits per heavy atom. The minimum atomic E-state index is -1.03. The second-order valence-corrected chi connectivity index (χ2v) is 4.33. The second-order valence-electron chi connectivity index (χ2n) is 4.33. The van der Waals surface area contributed by atoms with Gasteiger partial charge in [-0.05, 0) is 18.6 Å². The molecule has 19 heavy (non-hydrogen) atoms. The van der Waals surface area contributed by atoms with Gasteiger partial charge >= 0.3 is 5.97 Å². The highest BCUT2D eigenvalue weighted by Gasteiger charge is 2.29. The van der Waals surface area contributed by atoms with E-state index in [0.29, 0.717) is 17.9 Å². The van der Waals surface area contributed by atoms with Crippen molar-refractivity contribution in [2.24, 2.45) is 5.73 Å². The predicted molar refractivity (Wildman–Crippen MR) is 67.1 cm³/mol. The minimum Gasteiger partial charge on any atom is -0.479 e. The Kier molecular flexibility index (Phi) is 3.66. The lowest BCUT2D eigenvalue weighted by Crippen LogP contribution is -2.47. The van der Waals surface area contributed by atoms with Crippen LogP contribution in [0.25, 0.3) is 0 Å². The number of aryl methyl sites for hydroxylation is 1. The molecule has 0 bridgehead atoms. The van der Waals surface area contributed by atoms with Gasteiger partial charge in [-0.25, -0.2) is 9.78 Å². The van der Waals surface area contributed by atoms with Crippen molar-refractivity contribution >= 4 is 17.7 Å². The predicted octanol–water partition coefficient (Wildman–Crippen LogP) is -0.221. The minimum absolute atomic E-state index is 0.145. The lowest BCUT2D eigenvalue weighted by atomic mass is 10.1. The summed E-state index contributed by atoms with van der Waals surface area (Å²) in [7, 11) is 0. The maximum Gasteiger partial charge on any atom is 0.334 e. The molecule has 7 nitrogen and oxygen atoms in total. The number of nitrogens with two attached hydrogens (primary N) is 1. The van der Waals surface area contributed by atoms with Crippen LogP contribution in [0.5, 0.6) is 0 Å². The van der Waals surface area contributed by atoms with Gasteiger partial charge in [0.05, 0.1) is 18.7 Å². The van der Waals surface area contributed by atoms with Crippen LogP contribution in [0, 0.1) is 6.92 Å². The standard InChI is InChI=1S/C12H15N3O4/c1-7-2-3-14-11(9(7)10(13)16)15-4-5-19-8(6-15)12(17)18/h2-3,8H,4-6H2,1H3,(H2,13,16)(H,17,18). The van der Waals surface area contributed by atoms with Gasteiger partial charge in [-0.2, -0.15) is 0 Å². The van der Waals surface area contributed by atoms with E-state index in [0.717, 1.165) is 5.56 Å². The molecule has 1 unspecified atom stereocenters. The Morgan fingerprint density at radius 3 is 2.95 bits per heavy atom. The third-order valence-electron chi connectivity index (χ3n) is 3.03. The van der Waals surface area contributed by atoms with Crippen LogP contribution in [0.1, 0.15) is 15.9 Å². The molecular formula is C12H15N3O4. The normalized spacial score (nSPS) is 19.2. The average molecular weight is 265 g/mol. The highest BCUT2D eigenvalue weighted by molar-refractivity contribution is 5.99. The SMILES string of the molecule is Cc1ccnc(N2CCOC(C(=O)O)C2)c1C(N)=O. The van der Waals surface area contributed by atoms with Gasteiger partial charge in [0.15, 0.2) is 6.10 Å². The quantitative estimate of drug-likeness (QED) is 0.782. The molecule has 1 aromatic heterocycles. The zero-order valence-electron chi connectivity index (χ0n) is 10.5. The van der Waals surface area contributed by atoms with Gasteiger partial charge < -0.3 is 20.5 Å². The Balaban J connectivity index is 2.34. The molecule has 7 heteroatoms. The summed E-state index contributed by atoms with van der Waals surface area (Å²) in [6, 6.07) is 1.69. The van der Waals surface area contributed by atoms with E-state index >= 15 is 0 Å². The van der Waals surface area contributed by atoms with Crippen molar-refractivity contribution in [1.29, 1.82) is 0 Å². The molecule has 0 radical (unpaired) electrons. The lowest BCUT2D eigenvalue weighted by molar-refractivity contribution is -0.150. The number of ether oxygens (including phenoxy) is 1. The molecule has 1 aromatic rings. The lowest BCUT2D eigenvalue weighted by Gasteiger charge is -2.32. The van der Waals surface area contributed by atoms with E-state index in [1.165, 1.54) is 0 Å². The number of primary amides is 1. The van der Waals surface area contributed by atoms with E-state index in [9.17, 15) is 9.59 Å². The Hall–Kier alpha value is -2.15. The summed E-state index contributed by atoms with van der Waals surface area (Å²) in [5, 5.41) is 8.97. The van der Waals surface area contributed by atoms with E-state index in [1.807, 2.05) is 0 Å². The van der Waals surface area contributed by atoms with E-state index in [1.54, 1.807) is 24.1 Å². The molecule has 3 N–H and O–H groups in total. The van der Waals surface area contributed by atoms with Crippen molar-refractivity contribution in [2.75, 3.05) is 24.6 Å². The highest BCUT2D eigenvalue weighted by Crippen LogP contribution is 2.22. The molecule has 0 saturated carbocycles. The molecule has 1 aliphatic heterocycles. The number of carbonyl (C=O) groups excluding carboxylic acids is 1. The molecule has 1 amide bonds. The number of hydrogen-bond donors (Lipinski definition) is 2. The Bertz CT molecular complexity index is 518. The van der Waals surface area contributed by atoms with E-state index in [4.69, 9.17) is 15.6 Å². The first-order valence-corrected chi connectivity index (χ1v) is 5.85. The first kappa shape index (κ1) is 13.3. The number of carboxylic acid groups (broad SMARTS) is 1. The number of hydrogen-bond acceptors (Lipinski definition) is 5. The molecular weight excluding hydrogens is 250 g/mol. The van der Waals surface area contributed by atoms with Gasteiger partial charge in [0.25, 0.3) is 5.91 Å². The van der Waals surface area contributed by atoms with Gasteiger partial charge in [-0.1, -0.05) is 0 Å². The summed E-state index contributed by atoms with van der Waals surface area (Å²) >= 11 is 0. The van der Waals surface area contributed by atoms with Gasteiger partial charge in [0, 0.05) is 12.7 Å². The van der Waals surface area contributed by atoms with Crippen LogP contribution in [0.4, 0.5) is 5.82 Å². The monoisotopic (exact) mass is 265 g/mol. The number of morpholine rings is 1.